The molecular weight excluding hydrogens is 322 g/mol. The molecule has 1 fully saturated rings. The molecule has 2 aromatic rings. The van der Waals surface area contributed by atoms with Crippen LogP contribution in [0.3, 0.4) is 0 Å². The number of nitrogens with zero attached hydrogens (tertiary/aromatic N) is 2. The lowest BCUT2D eigenvalue weighted by molar-refractivity contribution is 0.197. The molecule has 1 aromatic carbocycles. The molecule has 24 heavy (non-hydrogen) atoms. The summed E-state index contributed by atoms with van der Waals surface area (Å²) in [6.07, 6.45) is 5.06. The average molecular weight is 347 g/mol. The molecule has 0 amide bonds. The summed E-state index contributed by atoms with van der Waals surface area (Å²) in [5.74, 6) is 0. The highest BCUT2D eigenvalue weighted by atomic mass is 32.2. The van der Waals surface area contributed by atoms with Gasteiger partial charge in [-0.2, -0.15) is 0 Å². The van der Waals surface area contributed by atoms with E-state index < -0.39 is 10.0 Å². The summed E-state index contributed by atoms with van der Waals surface area (Å²) in [5, 5.41) is 0. The van der Waals surface area contributed by atoms with Gasteiger partial charge in [-0.1, -0.05) is 18.2 Å². The van der Waals surface area contributed by atoms with Gasteiger partial charge in [-0.3, -0.25) is 4.90 Å². The topological polar surface area (TPSA) is 54.3 Å². The maximum atomic E-state index is 11.3. The van der Waals surface area contributed by atoms with E-state index in [4.69, 9.17) is 0 Å². The van der Waals surface area contributed by atoms with Gasteiger partial charge in [0.25, 0.3) is 0 Å². The Morgan fingerprint density at radius 3 is 2.50 bits per heavy atom. The minimum absolute atomic E-state index is 0.0689. The first-order valence-corrected chi connectivity index (χ1v) is 10.2. The Balaban J connectivity index is 1.65. The highest BCUT2D eigenvalue weighted by Crippen LogP contribution is 2.20. The van der Waals surface area contributed by atoms with E-state index >= 15 is 0 Å². The lowest BCUT2D eigenvalue weighted by Crippen LogP contribution is -2.44. The Bertz CT molecular complexity index is 790. The van der Waals surface area contributed by atoms with Gasteiger partial charge in [0.05, 0.1) is 6.26 Å². The smallest absolute Gasteiger partial charge is 0.208 e. The predicted octanol–water partition coefficient (Wildman–Crippen LogP) is 2.30. The standard InChI is InChI=1S/C18H25N3O2S/c1-15-6-3-4-8-18(15)21-11-5-7-17(21)14-20-12-9-16(10-13-20)19-24(2,22)23/h3-8,11,16,19H,9-10,12-14H2,1-2H3. The lowest BCUT2D eigenvalue weighted by atomic mass is 10.1. The van der Waals surface area contributed by atoms with Crippen LogP contribution in [-0.4, -0.2) is 43.3 Å². The van der Waals surface area contributed by atoms with Gasteiger partial charge >= 0.3 is 0 Å². The molecule has 130 valence electrons. The van der Waals surface area contributed by atoms with Crippen LogP contribution in [0.4, 0.5) is 0 Å². The highest BCUT2D eigenvalue weighted by molar-refractivity contribution is 7.88. The minimum Gasteiger partial charge on any atom is -0.319 e. The Kier molecular flexibility index (Phi) is 5.08. The maximum Gasteiger partial charge on any atom is 0.208 e. The van der Waals surface area contributed by atoms with Crippen LogP contribution in [0.5, 0.6) is 0 Å². The summed E-state index contributed by atoms with van der Waals surface area (Å²) < 4.78 is 27.7. The number of sulfonamides is 1. The van der Waals surface area contributed by atoms with Gasteiger partial charge in [0.2, 0.25) is 10.0 Å². The van der Waals surface area contributed by atoms with Crippen LogP contribution in [-0.2, 0) is 16.6 Å². The number of aromatic nitrogens is 1. The van der Waals surface area contributed by atoms with Crippen molar-refractivity contribution >= 4 is 10.0 Å². The van der Waals surface area contributed by atoms with Crippen molar-refractivity contribution in [2.45, 2.75) is 32.4 Å². The van der Waals surface area contributed by atoms with Gasteiger partial charge in [-0.15, -0.1) is 0 Å². The average Bonchev–Trinajstić information content (AvgIpc) is 2.96. The van der Waals surface area contributed by atoms with Crippen molar-refractivity contribution in [3.63, 3.8) is 0 Å². The molecular formula is C18H25N3O2S. The van der Waals surface area contributed by atoms with Crippen molar-refractivity contribution in [3.8, 4) is 5.69 Å². The number of hydrogen-bond acceptors (Lipinski definition) is 3. The van der Waals surface area contributed by atoms with Crippen LogP contribution in [0.2, 0.25) is 0 Å². The van der Waals surface area contributed by atoms with Crippen LogP contribution in [0.25, 0.3) is 5.69 Å². The number of rotatable bonds is 5. The quantitative estimate of drug-likeness (QED) is 0.903. The highest BCUT2D eigenvalue weighted by Gasteiger charge is 2.22. The Labute approximate surface area is 144 Å². The first-order valence-electron chi connectivity index (χ1n) is 8.34. The van der Waals surface area contributed by atoms with Crippen molar-refractivity contribution in [1.29, 1.82) is 0 Å². The number of para-hydroxylation sites is 1. The van der Waals surface area contributed by atoms with E-state index in [9.17, 15) is 8.42 Å². The lowest BCUT2D eigenvalue weighted by Gasteiger charge is -2.32. The third-order valence-electron chi connectivity index (χ3n) is 4.56. The number of aryl methyl sites for hydroxylation is 1. The van der Waals surface area contributed by atoms with Gasteiger partial charge < -0.3 is 4.57 Å². The maximum absolute atomic E-state index is 11.3. The van der Waals surface area contributed by atoms with E-state index in [0.29, 0.717) is 0 Å². The van der Waals surface area contributed by atoms with Gasteiger partial charge in [0.1, 0.15) is 0 Å². The van der Waals surface area contributed by atoms with Crippen molar-refractivity contribution in [2.75, 3.05) is 19.3 Å². The number of likely N-dealkylation sites (tertiary alicyclic amines) is 1. The van der Waals surface area contributed by atoms with Crippen LogP contribution in [0, 0.1) is 6.92 Å². The summed E-state index contributed by atoms with van der Waals surface area (Å²) in [4.78, 5) is 2.39. The third kappa shape index (κ3) is 4.26. The molecule has 0 bridgehead atoms. The second-order valence-electron chi connectivity index (χ2n) is 6.60. The molecule has 1 N–H and O–H groups in total. The normalized spacial score (nSPS) is 17.2. The molecule has 3 rings (SSSR count). The molecule has 1 aliphatic rings. The molecule has 5 nitrogen and oxygen atoms in total. The first-order chi connectivity index (χ1) is 11.4. The van der Waals surface area contributed by atoms with Crippen LogP contribution >= 0.6 is 0 Å². The van der Waals surface area contributed by atoms with E-state index in [1.54, 1.807) is 0 Å². The van der Waals surface area contributed by atoms with Crippen molar-refractivity contribution < 1.29 is 8.42 Å². The van der Waals surface area contributed by atoms with Gasteiger partial charge in [0, 0.05) is 43.3 Å². The minimum atomic E-state index is -3.11. The van der Waals surface area contributed by atoms with Gasteiger partial charge in [0.15, 0.2) is 0 Å². The molecule has 6 heteroatoms. The molecule has 0 aliphatic carbocycles. The largest absolute Gasteiger partial charge is 0.319 e. The predicted molar refractivity (Wildman–Crippen MR) is 96.8 cm³/mol. The molecule has 2 heterocycles. The summed E-state index contributed by atoms with van der Waals surface area (Å²) in [6.45, 7) is 4.83. The molecule has 1 saturated heterocycles. The van der Waals surface area contributed by atoms with E-state index in [-0.39, 0.29) is 6.04 Å². The molecule has 1 aliphatic heterocycles. The Morgan fingerprint density at radius 2 is 1.83 bits per heavy atom. The van der Waals surface area contributed by atoms with Crippen molar-refractivity contribution in [1.82, 2.24) is 14.2 Å². The van der Waals surface area contributed by atoms with E-state index in [1.165, 1.54) is 23.2 Å². The molecule has 0 radical (unpaired) electrons. The monoisotopic (exact) mass is 347 g/mol. The number of hydrogen-bond donors (Lipinski definition) is 1. The summed E-state index contributed by atoms with van der Waals surface area (Å²) in [6, 6.07) is 12.7. The number of benzene rings is 1. The van der Waals surface area contributed by atoms with Crippen molar-refractivity contribution in [3.05, 3.63) is 53.9 Å². The van der Waals surface area contributed by atoms with E-state index in [0.717, 1.165) is 32.5 Å². The molecule has 0 atom stereocenters. The third-order valence-corrected chi connectivity index (χ3v) is 5.32. The molecule has 0 spiro atoms. The van der Waals surface area contributed by atoms with Crippen LogP contribution < -0.4 is 4.72 Å². The molecule has 0 unspecified atom stereocenters. The SMILES string of the molecule is Cc1ccccc1-n1cccc1CN1CCC(NS(C)(=O)=O)CC1. The Hall–Kier alpha value is -1.63. The second kappa shape index (κ2) is 7.09. The summed E-state index contributed by atoms with van der Waals surface area (Å²) in [7, 11) is -3.11. The fourth-order valence-electron chi connectivity index (χ4n) is 3.35. The van der Waals surface area contributed by atoms with Gasteiger partial charge in [-0.05, 0) is 43.5 Å². The summed E-state index contributed by atoms with van der Waals surface area (Å²) in [5.41, 5.74) is 3.73. The van der Waals surface area contributed by atoms with Crippen LogP contribution in [0.1, 0.15) is 24.1 Å². The van der Waals surface area contributed by atoms with E-state index in [1.807, 2.05) is 0 Å². The fraction of sp³-hybridized carbons (Fsp3) is 0.444. The number of nitrogens with one attached hydrogen (secondary N) is 1. The summed E-state index contributed by atoms with van der Waals surface area (Å²) >= 11 is 0. The van der Waals surface area contributed by atoms with E-state index in [2.05, 4.69) is 63.7 Å². The number of piperidine rings is 1. The van der Waals surface area contributed by atoms with Gasteiger partial charge in [-0.25, -0.2) is 13.1 Å². The first kappa shape index (κ1) is 17.2. The molecule has 0 saturated carbocycles. The van der Waals surface area contributed by atoms with Crippen molar-refractivity contribution in [2.24, 2.45) is 0 Å². The fourth-order valence-corrected chi connectivity index (χ4v) is 4.20. The molecule has 1 aromatic heterocycles. The zero-order valence-corrected chi connectivity index (χ0v) is 15.1. The zero-order chi connectivity index (χ0) is 17.2. The Morgan fingerprint density at radius 1 is 1.12 bits per heavy atom. The second-order valence-corrected chi connectivity index (χ2v) is 8.38. The zero-order valence-electron chi connectivity index (χ0n) is 14.3. The van der Waals surface area contributed by atoms with Crippen LogP contribution in [0.15, 0.2) is 42.6 Å².